The molecule has 2 bridgehead atoms. The maximum absolute atomic E-state index is 6.23. The summed E-state index contributed by atoms with van der Waals surface area (Å²) in [5.41, 5.74) is 0.704. The van der Waals surface area contributed by atoms with Crippen molar-refractivity contribution in [3.8, 4) is 0 Å². The van der Waals surface area contributed by atoms with E-state index >= 15 is 0 Å². The third-order valence-electron chi connectivity index (χ3n) is 5.21. The minimum atomic E-state index is -1.42. The van der Waals surface area contributed by atoms with Gasteiger partial charge >= 0.3 is 5.97 Å². The van der Waals surface area contributed by atoms with Crippen LogP contribution in [0.3, 0.4) is 0 Å². The summed E-state index contributed by atoms with van der Waals surface area (Å²) in [5.74, 6) is -4.80. The lowest BCUT2D eigenvalue weighted by atomic mass is 9.93. The fraction of sp³-hybridized carbons (Fsp3) is 0.647. The van der Waals surface area contributed by atoms with Gasteiger partial charge in [-0.25, -0.2) is 0 Å². The molecule has 3 atom stereocenters. The summed E-state index contributed by atoms with van der Waals surface area (Å²) in [6.45, 7) is 1.78. The van der Waals surface area contributed by atoms with Crippen molar-refractivity contribution in [2.45, 2.75) is 62.4 Å². The highest BCUT2D eigenvalue weighted by Crippen LogP contribution is 2.56. The Balaban J connectivity index is 1.44. The Labute approximate surface area is 139 Å². The summed E-state index contributed by atoms with van der Waals surface area (Å²) in [5, 5.41) is 0. The smallest absolute Gasteiger partial charge is 0.316 e. The molecule has 1 aromatic rings. The molecule has 3 aliphatic heterocycles. The van der Waals surface area contributed by atoms with Gasteiger partial charge in [-0.15, -0.1) is 0 Å². The van der Waals surface area contributed by atoms with E-state index in [0.29, 0.717) is 5.56 Å². The van der Waals surface area contributed by atoms with Gasteiger partial charge in [-0.1, -0.05) is 36.8 Å². The normalized spacial score (nSPS) is 43.5. The third-order valence-corrected chi connectivity index (χ3v) is 5.21. The molecule has 2 spiro atoms. The molecule has 0 radical (unpaired) electrons. The van der Waals surface area contributed by atoms with Gasteiger partial charge in [0.25, 0.3) is 11.6 Å². The van der Waals surface area contributed by atoms with Crippen LogP contribution in [0, 0.1) is 0 Å². The van der Waals surface area contributed by atoms with E-state index in [-0.39, 0.29) is 6.61 Å². The molecule has 3 saturated heterocycles. The van der Waals surface area contributed by atoms with E-state index in [9.17, 15) is 0 Å². The van der Waals surface area contributed by atoms with Crippen molar-refractivity contribution in [3.05, 3.63) is 35.9 Å². The Hall–Kier alpha value is -1.06. The molecular formula is C17H20O7. The van der Waals surface area contributed by atoms with E-state index in [4.69, 9.17) is 33.8 Å². The van der Waals surface area contributed by atoms with Crippen molar-refractivity contribution < 1.29 is 33.8 Å². The zero-order valence-electron chi connectivity index (χ0n) is 13.5. The number of hydrogen-bond donors (Lipinski definition) is 0. The topological polar surface area (TPSA) is 64.6 Å². The maximum atomic E-state index is 6.23. The Bertz CT molecular complexity index is 631. The first-order valence-electron chi connectivity index (χ1n) is 8.43. The van der Waals surface area contributed by atoms with Crippen LogP contribution in [0.4, 0.5) is 0 Å². The molecule has 0 aromatic heterocycles. The number of hydrogen-bond acceptors (Lipinski definition) is 7. The molecule has 1 aromatic carbocycles. The van der Waals surface area contributed by atoms with Crippen LogP contribution in [-0.2, 0) is 39.7 Å². The lowest BCUT2D eigenvalue weighted by Crippen LogP contribution is -2.62. The summed E-state index contributed by atoms with van der Waals surface area (Å²) in [7, 11) is 0. The molecule has 7 heteroatoms. The lowest BCUT2D eigenvalue weighted by molar-refractivity contribution is -0.467. The zero-order valence-corrected chi connectivity index (χ0v) is 13.5. The minimum absolute atomic E-state index is 0.0696. The summed E-state index contributed by atoms with van der Waals surface area (Å²) >= 11 is 0. The monoisotopic (exact) mass is 336 g/mol. The highest BCUT2D eigenvalue weighted by molar-refractivity contribution is 5.20. The second kappa shape index (κ2) is 4.98. The lowest BCUT2D eigenvalue weighted by Gasteiger charge is -2.42. The van der Waals surface area contributed by atoms with Gasteiger partial charge in [0.05, 0.1) is 0 Å². The van der Waals surface area contributed by atoms with Crippen LogP contribution < -0.4 is 0 Å². The van der Waals surface area contributed by atoms with Crippen LogP contribution in [0.25, 0.3) is 0 Å². The molecule has 4 fully saturated rings. The molecule has 130 valence electrons. The molecule has 1 aliphatic carbocycles. The van der Waals surface area contributed by atoms with Crippen LogP contribution in [0.1, 0.15) is 44.6 Å². The summed E-state index contributed by atoms with van der Waals surface area (Å²) < 4.78 is 18.1. The molecule has 1 saturated carbocycles. The van der Waals surface area contributed by atoms with Crippen LogP contribution in [0.5, 0.6) is 0 Å². The Morgan fingerprint density at radius 2 is 1.62 bits per heavy atom. The molecule has 0 N–H and O–H groups in total. The Kier molecular flexibility index (Phi) is 3.16. The average Bonchev–Trinajstić information content (AvgIpc) is 3.13. The van der Waals surface area contributed by atoms with Crippen LogP contribution in [-0.4, -0.2) is 24.0 Å². The Morgan fingerprint density at radius 3 is 2.42 bits per heavy atom. The van der Waals surface area contributed by atoms with Crippen LogP contribution in [0.2, 0.25) is 0 Å². The van der Waals surface area contributed by atoms with Crippen molar-refractivity contribution in [2.75, 3.05) is 6.61 Å². The van der Waals surface area contributed by atoms with Crippen molar-refractivity contribution in [3.63, 3.8) is 0 Å². The first kappa shape index (κ1) is 15.2. The molecule has 4 aliphatic rings. The van der Waals surface area contributed by atoms with E-state index < -0.39 is 23.3 Å². The van der Waals surface area contributed by atoms with E-state index in [2.05, 4.69) is 0 Å². The van der Waals surface area contributed by atoms with Crippen molar-refractivity contribution >= 4 is 0 Å². The number of ether oxygens (including phenoxy) is 3. The van der Waals surface area contributed by atoms with Gasteiger partial charge in [0, 0.05) is 18.4 Å². The second-order valence-corrected chi connectivity index (χ2v) is 6.92. The fourth-order valence-corrected chi connectivity index (χ4v) is 3.75. The van der Waals surface area contributed by atoms with Gasteiger partial charge in [0.1, 0.15) is 6.61 Å². The van der Waals surface area contributed by atoms with Crippen molar-refractivity contribution in [1.82, 2.24) is 0 Å². The minimum Gasteiger partial charge on any atom is -0.316 e. The highest BCUT2D eigenvalue weighted by atomic mass is 17.4. The van der Waals surface area contributed by atoms with Gasteiger partial charge in [-0.05, 0) is 19.8 Å². The molecule has 3 heterocycles. The molecular weight excluding hydrogens is 316 g/mol. The average molecular weight is 336 g/mol. The predicted molar refractivity (Wildman–Crippen MR) is 77.5 cm³/mol. The quantitative estimate of drug-likeness (QED) is 0.731. The third kappa shape index (κ3) is 1.97. The maximum Gasteiger partial charge on any atom is 0.343 e. The van der Waals surface area contributed by atoms with Gasteiger partial charge in [-0.3, -0.25) is 4.74 Å². The van der Waals surface area contributed by atoms with Crippen molar-refractivity contribution in [1.29, 1.82) is 0 Å². The highest BCUT2D eigenvalue weighted by Gasteiger charge is 2.75. The molecule has 7 nitrogen and oxygen atoms in total. The van der Waals surface area contributed by atoms with Crippen molar-refractivity contribution in [2.24, 2.45) is 0 Å². The van der Waals surface area contributed by atoms with Gasteiger partial charge in [0.2, 0.25) is 5.79 Å². The summed E-state index contributed by atoms with van der Waals surface area (Å²) in [6, 6.07) is 9.36. The predicted octanol–water partition coefficient (Wildman–Crippen LogP) is 2.86. The van der Waals surface area contributed by atoms with E-state index in [1.807, 2.05) is 30.3 Å². The zero-order chi connectivity index (χ0) is 16.3. The molecule has 5 rings (SSSR count). The standard InChI is InChI=1S/C17H20O7/c1-14-16(20-15(22-23-16)10-6-3-7-11-15)12-18-17(19-14,24-21-14)13-8-4-2-5-9-13/h2,4-5,8-9H,3,6-7,10-12H2,1H3/t14-,16?,17+/m1/s1. The second-order valence-electron chi connectivity index (χ2n) is 6.92. The van der Waals surface area contributed by atoms with E-state index in [1.54, 1.807) is 6.92 Å². The number of fused-ring (bicyclic) bond motifs is 3. The summed E-state index contributed by atoms with van der Waals surface area (Å²) in [4.78, 5) is 22.2. The van der Waals surface area contributed by atoms with Gasteiger partial charge < -0.3 is 9.47 Å². The number of rotatable bonds is 1. The fourth-order valence-electron chi connectivity index (χ4n) is 3.75. The SMILES string of the molecule is C[C@@]12OO[C@@](c3ccccc3)(OCC13OOC1(CCCCC1)O3)O2. The van der Waals surface area contributed by atoms with E-state index in [1.165, 1.54) is 6.42 Å². The van der Waals surface area contributed by atoms with E-state index in [0.717, 1.165) is 25.7 Å². The molecule has 0 amide bonds. The van der Waals surface area contributed by atoms with Gasteiger partial charge in [0.15, 0.2) is 0 Å². The Morgan fingerprint density at radius 1 is 0.833 bits per heavy atom. The number of benzene rings is 1. The van der Waals surface area contributed by atoms with Crippen LogP contribution in [0.15, 0.2) is 30.3 Å². The first-order chi connectivity index (χ1) is 11.6. The first-order valence-corrected chi connectivity index (χ1v) is 8.43. The van der Waals surface area contributed by atoms with Crippen LogP contribution >= 0.6 is 0 Å². The molecule has 1 unspecified atom stereocenters. The summed E-state index contributed by atoms with van der Waals surface area (Å²) in [6.07, 6.45) is 4.78. The molecule has 24 heavy (non-hydrogen) atoms. The largest absolute Gasteiger partial charge is 0.343 e. The van der Waals surface area contributed by atoms with Gasteiger partial charge in [-0.2, -0.15) is 19.6 Å².